The summed E-state index contributed by atoms with van der Waals surface area (Å²) in [6, 6.07) is 16.2. The van der Waals surface area contributed by atoms with Crippen molar-refractivity contribution in [1.29, 1.82) is 0 Å². The first-order chi connectivity index (χ1) is 12.2. The van der Waals surface area contributed by atoms with Crippen LogP contribution >= 0.6 is 0 Å². The maximum absolute atomic E-state index is 11.1. The summed E-state index contributed by atoms with van der Waals surface area (Å²) in [5.74, 6) is -0.911. The van der Waals surface area contributed by atoms with Crippen molar-refractivity contribution in [2.45, 2.75) is 25.4 Å². The van der Waals surface area contributed by atoms with Crippen LogP contribution in [-0.4, -0.2) is 38.6 Å². The van der Waals surface area contributed by atoms with E-state index >= 15 is 0 Å². The van der Waals surface area contributed by atoms with E-state index in [2.05, 4.69) is 44.8 Å². The predicted molar refractivity (Wildman–Crippen MR) is 96.7 cm³/mol. The first-order valence-electron chi connectivity index (χ1n) is 8.67. The van der Waals surface area contributed by atoms with E-state index in [-0.39, 0.29) is 5.56 Å². The number of hydrogen-bond donors (Lipinski definition) is 1. The molecule has 5 heteroatoms. The lowest BCUT2D eigenvalue weighted by atomic mass is 10.0. The number of nitrogens with zero attached hydrogens (tertiary/aromatic N) is 3. The Morgan fingerprint density at radius 3 is 2.60 bits per heavy atom. The van der Waals surface area contributed by atoms with Gasteiger partial charge in [-0.15, -0.1) is 0 Å². The lowest BCUT2D eigenvalue weighted by Gasteiger charge is -2.32. The van der Waals surface area contributed by atoms with Crippen LogP contribution in [0.3, 0.4) is 0 Å². The molecule has 0 atom stereocenters. The number of piperidine rings is 1. The van der Waals surface area contributed by atoms with Gasteiger partial charge in [0.25, 0.3) is 0 Å². The number of likely N-dealkylation sites (tertiary alicyclic amines) is 1. The molecule has 1 aromatic heterocycles. The smallest absolute Gasteiger partial charge is 0.335 e. The van der Waals surface area contributed by atoms with Crippen LogP contribution in [-0.2, 0) is 6.54 Å². The molecule has 128 valence electrons. The van der Waals surface area contributed by atoms with Crippen molar-refractivity contribution >= 4 is 17.0 Å². The first kappa shape index (κ1) is 15.8. The molecule has 1 saturated heterocycles. The zero-order valence-corrected chi connectivity index (χ0v) is 14.0. The van der Waals surface area contributed by atoms with Crippen molar-refractivity contribution in [3.8, 4) is 0 Å². The lowest BCUT2D eigenvalue weighted by Crippen LogP contribution is -2.34. The van der Waals surface area contributed by atoms with Gasteiger partial charge in [0.2, 0.25) is 0 Å². The minimum absolute atomic E-state index is 0.287. The highest BCUT2D eigenvalue weighted by molar-refractivity contribution is 5.92. The maximum atomic E-state index is 11.1. The Hall–Kier alpha value is -2.66. The Morgan fingerprint density at radius 1 is 1.12 bits per heavy atom. The van der Waals surface area contributed by atoms with Crippen LogP contribution in [0.2, 0.25) is 0 Å². The van der Waals surface area contributed by atoms with Gasteiger partial charge in [-0.05, 0) is 36.6 Å². The van der Waals surface area contributed by atoms with Gasteiger partial charge in [-0.2, -0.15) is 0 Å². The third-order valence-electron chi connectivity index (χ3n) is 5.02. The van der Waals surface area contributed by atoms with Gasteiger partial charge in [-0.25, -0.2) is 9.78 Å². The molecule has 4 rings (SSSR count). The molecular formula is C20H21N3O2. The molecular weight excluding hydrogens is 314 g/mol. The number of carbonyl (C=O) groups is 1. The SMILES string of the molecule is O=C(O)c1ccc2c(c1)ncn2C1CCN(Cc2ccccc2)CC1. The molecule has 2 aromatic carbocycles. The van der Waals surface area contributed by atoms with E-state index in [0.717, 1.165) is 43.5 Å². The van der Waals surface area contributed by atoms with Gasteiger partial charge < -0.3 is 9.67 Å². The summed E-state index contributed by atoms with van der Waals surface area (Å²) in [5, 5.41) is 9.11. The van der Waals surface area contributed by atoms with E-state index in [0.29, 0.717) is 6.04 Å². The molecule has 1 aliphatic heterocycles. The molecule has 0 aliphatic carbocycles. The van der Waals surface area contributed by atoms with Crippen LogP contribution in [0, 0.1) is 0 Å². The van der Waals surface area contributed by atoms with Gasteiger partial charge in [0.1, 0.15) is 0 Å². The van der Waals surface area contributed by atoms with Gasteiger partial charge in [0.05, 0.1) is 22.9 Å². The van der Waals surface area contributed by atoms with Gasteiger partial charge in [-0.3, -0.25) is 4.90 Å². The van der Waals surface area contributed by atoms with Crippen molar-refractivity contribution in [2.75, 3.05) is 13.1 Å². The second-order valence-corrected chi connectivity index (χ2v) is 6.65. The van der Waals surface area contributed by atoms with Crippen molar-refractivity contribution in [2.24, 2.45) is 0 Å². The Kier molecular flexibility index (Phi) is 4.24. The third kappa shape index (κ3) is 3.28. The number of carboxylic acid groups (broad SMARTS) is 1. The molecule has 1 aliphatic rings. The summed E-state index contributed by atoms with van der Waals surface area (Å²) in [7, 11) is 0. The van der Waals surface area contributed by atoms with E-state index in [1.165, 1.54) is 5.56 Å². The Balaban J connectivity index is 1.45. The number of aromatic carboxylic acids is 1. The minimum Gasteiger partial charge on any atom is -0.478 e. The highest BCUT2D eigenvalue weighted by atomic mass is 16.4. The molecule has 2 heterocycles. The normalized spacial score (nSPS) is 16.3. The van der Waals surface area contributed by atoms with Crippen molar-refractivity contribution in [3.63, 3.8) is 0 Å². The number of hydrogen-bond acceptors (Lipinski definition) is 3. The average Bonchev–Trinajstić information content (AvgIpc) is 3.06. The van der Waals surface area contributed by atoms with Gasteiger partial charge in [0, 0.05) is 25.7 Å². The topological polar surface area (TPSA) is 58.4 Å². The monoisotopic (exact) mass is 335 g/mol. The zero-order valence-electron chi connectivity index (χ0n) is 14.0. The maximum Gasteiger partial charge on any atom is 0.335 e. The number of carboxylic acids is 1. The summed E-state index contributed by atoms with van der Waals surface area (Å²) < 4.78 is 2.21. The molecule has 25 heavy (non-hydrogen) atoms. The number of imidazole rings is 1. The summed E-state index contributed by atoms with van der Waals surface area (Å²) in [5.41, 5.74) is 3.42. The van der Waals surface area contributed by atoms with Gasteiger partial charge >= 0.3 is 5.97 Å². The van der Waals surface area contributed by atoms with E-state index < -0.39 is 5.97 Å². The fourth-order valence-corrected chi connectivity index (χ4v) is 3.65. The number of benzene rings is 2. The predicted octanol–water partition coefficient (Wildman–Crippen LogP) is 3.57. The summed E-state index contributed by atoms with van der Waals surface area (Å²) in [6.07, 6.45) is 4.02. The van der Waals surface area contributed by atoms with Crippen molar-refractivity contribution in [3.05, 3.63) is 66.0 Å². The molecule has 0 amide bonds. The van der Waals surface area contributed by atoms with Crippen LogP contribution in [0.1, 0.15) is 34.8 Å². The molecule has 3 aromatic rings. The highest BCUT2D eigenvalue weighted by Crippen LogP contribution is 2.27. The summed E-state index contributed by atoms with van der Waals surface area (Å²) >= 11 is 0. The fourth-order valence-electron chi connectivity index (χ4n) is 3.65. The van der Waals surface area contributed by atoms with Crippen molar-refractivity contribution < 1.29 is 9.90 Å². The van der Waals surface area contributed by atoms with Crippen LogP contribution in [0.15, 0.2) is 54.9 Å². The second kappa shape index (κ2) is 6.69. The van der Waals surface area contributed by atoms with E-state index in [9.17, 15) is 4.79 Å². The Bertz CT molecular complexity index is 880. The zero-order chi connectivity index (χ0) is 17.2. The van der Waals surface area contributed by atoms with Crippen LogP contribution < -0.4 is 0 Å². The molecule has 0 radical (unpaired) electrons. The fraction of sp³-hybridized carbons (Fsp3) is 0.300. The quantitative estimate of drug-likeness (QED) is 0.792. The number of rotatable bonds is 4. The number of aromatic nitrogens is 2. The van der Waals surface area contributed by atoms with E-state index in [4.69, 9.17) is 5.11 Å². The lowest BCUT2D eigenvalue weighted by molar-refractivity contribution is 0.0697. The Morgan fingerprint density at radius 2 is 1.88 bits per heavy atom. The highest BCUT2D eigenvalue weighted by Gasteiger charge is 2.22. The van der Waals surface area contributed by atoms with Crippen LogP contribution in [0.4, 0.5) is 0 Å². The molecule has 1 N–H and O–H groups in total. The minimum atomic E-state index is -0.911. The summed E-state index contributed by atoms with van der Waals surface area (Å²) in [4.78, 5) is 18.0. The molecule has 0 spiro atoms. The Labute approximate surface area is 146 Å². The molecule has 5 nitrogen and oxygen atoms in total. The van der Waals surface area contributed by atoms with Crippen molar-refractivity contribution in [1.82, 2.24) is 14.5 Å². The second-order valence-electron chi connectivity index (χ2n) is 6.65. The van der Waals surface area contributed by atoms with Gasteiger partial charge in [-0.1, -0.05) is 30.3 Å². The summed E-state index contributed by atoms with van der Waals surface area (Å²) in [6.45, 7) is 3.12. The third-order valence-corrected chi connectivity index (χ3v) is 5.02. The molecule has 1 fully saturated rings. The van der Waals surface area contributed by atoms with Gasteiger partial charge in [0.15, 0.2) is 0 Å². The number of fused-ring (bicyclic) bond motifs is 1. The van der Waals surface area contributed by atoms with E-state index in [1.54, 1.807) is 12.1 Å². The van der Waals surface area contributed by atoms with Crippen LogP contribution in [0.25, 0.3) is 11.0 Å². The van der Waals surface area contributed by atoms with E-state index in [1.807, 2.05) is 12.4 Å². The first-order valence-corrected chi connectivity index (χ1v) is 8.67. The molecule has 0 unspecified atom stereocenters. The average molecular weight is 335 g/mol. The van der Waals surface area contributed by atoms with Crippen LogP contribution in [0.5, 0.6) is 0 Å². The molecule has 0 saturated carbocycles. The largest absolute Gasteiger partial charge is 0.478 e. The standard InChI is InChI=1S/C20H21N3O2/c24-20(25)16-6-7-19-18(12-16)21-14-23(19)17-8-10-22(11-9-17)13-15-4-2-1-3-5-15/h1-7,12,14,17H,8-11,13H2,(H,24,25). The molecule has 0 bridgehead atoms.